The molecule has 1 aromatic heterocycles. The summed E-state index contributed by atoms with van der Waals surface area (Å²) in [6, 6.07) is 4.86. The number of benzene rings is 1. The van der Waals surface area contributed by atoms with Gasteiger partial charge in [-0.05, 0) is 31.7 Å². The summed E-state index contributed by atoms with van der Waals surface area (Å²) in [6.45, 7) is 2.89. The lowest BCUT2D eigenvalue weighted by Crippen LogP contribution is -2.05. The monoisotopic (exact) mass is 328 g/mol. The van der Waals surface area contributed by atoms with Gasteiger partial charge in [-0.15, -0.1) is 11.3 Å². The number of aryl methyl sites for hydroxylation is 1. The van der Waals surface area contributed by atoms with Crippen LogP contribution in [-0.2, 0) is 13.0 Å². The Morgan fingerprint density at radius 3 is 2.78 bits per heavy atom. The maximum atomic E-state index is 13.4. The topological polar surface area (TPSA) is 24.9 Å². The number of rotatable bonds is 4. The first kappa shape index (κ1) is 13.6. The van der Waals surface area contributed by atoms with Crippen LogP contribution in [0.25, 0.3) is 10.6 Å². The lowest BCUT2D eigenvalue weighted by molar-refractivity contribution is 0.627. The standard InChI is InChI=1S/C13H14BrFN2S/c1-3-11-12(7-16-2)18-13(17-11)8-4-9(14)6-10(15)5-8/h4-6,16H,3,7H2,1-2H3. The van der Waals surface area contributed by atoms with Crippen LogP contribution in [0.2, 0.25) is 0 Å². The fourth-order valence-corrected chi connectivity index (χ4v) is 3.37. The Kier molecular flexibility index (Phi) is 4.48. The SMILES string of the molecule is CCc1nc(-c2cc(F)cc(Br)c2)sc1CNC. The number of hydrogen-bond donors (Lipinski definition) is 1. The van der Waals surface area contributed by atoms with Crippen LogP contribution in [0.1, 0.15) is 17.5 Å². The number of aromatic nitrogens is 1. The highest BCUT2D eigenvalue weighted by molar-refractivity contribution is 9.10. The van der Waals surface area contributed by atoms with Gasteiger partial charge in [0, 0.05) is 21.5 Å². The van der Waals surface area contributed by atoms with Gasteiger partial charge in [-0.3, -0.25) is 0 Å². The van der Waals surface area contributed by atoms with Gasteiger partial charge in [0.1, 0.15) is 10.8 Å². The van der Waals surface area contributed by atoms with E-state index in [1.165, 1.54) is 17.0 Å². The second kappa shape index (κ2) is 5.91. The minimum atomic E-state index is -0.247. The van der Waals surface area contributed by atoms with E-state index in [-0.39, 0.29) is 5.82 Å². The average molecular weight is 329 g/mol. The molecule has 0 spiro atoms. The molecule has 1 heterocycles. The predicted octanol–water partition coefficient (Wildman–Crippen LogP) is 3.99. The molecule has 0 aliphatic rings. The fourth-order valence-electron chi connectivity index (χ4n) is 1.76. The van der Waals surface area contributed by atoms with E-state index in [4.69, 9.17) is 0 Å². The van der Waals surface area contributed by atoms with E-state index in [1.54, 1.807) is 11.3 Å². The van der Waals surface area contributed by atoms with Gasteiger partial charge in [-0.1, -0.05) is 22.9 Å². The third kappa shape index (κ3) is 2.96. The Balaban J connectivity index is 2.43. The summed E-state index contributed by atoms with van der Waals surface area (Å²) in [4.78, 5) is 5.81. The summed E-state index contributed by atoms with van der Waals surface area (Å²) >= 11 is 4.93. The van der Waals surface area contributed by atoms with Crippen LogP contribution in [0, 0.1) is 5.82 Å². The lowest BCUT2D eigenvalue weighted by atomic mass is 10.2. The van der Waals surface area contributed by atoms with Crippen LogP contribution in [-0.4, -0.2) is 12.0 Å². The van der Waals surface area contributed by atoms with Crippen molar-refractivity contribution in [3.8, 4) is 10.6 Å². The lowest BCUT2D eigenvalue weighted by Gasteiger charge is -1.98. The molecule has 0 unspecified atom stereocenters. The quantitative estimate of drug-likeness (QED) is 0.917. The summed E-state index contributed by atoms with van der Waals surface area (Å²) < 4.78 is 14.1. The summed E-state index contributed by atoms with van der Waals surface area (Å²) in [5, 5.41) is 4.01. The first-order chi connectivity index (χ1) is 8.63. The van der Waals surface area contributed by atoms with Gasteiger partial charge >= 0.3 is 0 Å². The van der Waals surface area contributed by atoms with Gasteiger partial charge in [0.05, 0.1) is 5.69 Å². The number of hydrogen-bond acceptors (Lipinski definition) is 3. The normalized spacial score (nSPS) is 10.9. The molecule has 0 saturated carbocycles. The molecule has 0 bridgehead atoms. The highest BCUT2D eigenvalue weighted by atomic mass is 79.9. The molecule has 0 amide bonds. The Labute approximate surface area is 118 Å². The molecule has 0 aliphatic heterocycles. The van der Waals surface area contributed by atoms with Gasteiger partial charge in [0.15, 0.2) is 0 Å². The van der Waals surface area contributed by atoms with Crippen LogP contribution in [0.15, 0.2) is 22.7 Å². The van der Waals surface area contributed by atoms with Gasteiger partial charge in [0.2, 0.25) is 0 Å². The van der Waals surface area contributed by atoms with Crippen LogP contribution < -0.4 is 5.32 Å². The van der Waals surface area contributed by atoms with Crippen molar-refractivity contribution in [2.45, 2.75) is 19.9 Å². The highest BCUT2D eigenvalue weighted by Crippen LogP contribution is 2.30. The Morgan fingerprint density at radius 2 is 2.17 bits per heavy atom. The molecule has 0 aliphatic carbocycles. The van der Waals surface area contributed by atoms with Gasteiger partial charge in [0.25, 0.3) is 0 Å². The molecule has 0 atom stereocenters. The third-order valence-electron chi connectivity index (χ3n) is 2.56. The van der Waals surface area contributed by atoms with Crippen molar-refractivity contribution >= 4 is 27.3 Å². The zero-order valence-corrected chi connectivity index (χ0v) is 12.7. The van der Waals surface area contributed by atoms with E-state index < -0.39 is 0 Å². The average Bonchev–Trinajstić information content (AvgIpc) is 2.71. The molecule has 2 nitrogen and oxygen atoms in total. The summed E-state index contributed by atoms with van der Waals surface area (Å²) in [5.41, 5.74) is 1.91. The van der Waals surface area contributed by atoms with E-state index in [0.717, 1.165) is 33.7 Å². The molecule has 1 aromatic carbocycles. The van der Waals surface area contributed by atoms with Crippen molar-refractivity contribution in [1.29, 1.82) is 0 Å². The fraction of sp³-hybridized carbons (Fsp3) is 0.308. The van der Waals surface area contributed by atoms with Gasteiger partial charge < -0.3 is 5.32 Å². The largest absolute Gasteiger partial charge is 0.315 e. The molecule has 0 saturated heterocycles. The summed E-state index contributed by atoms with van der Waals surface area (Å²) in [6.07, 6.45) is 0.893. The predicted molar refractivity (Wildman–Crippen MR) is 77.3 cm³/mol. The highest BCUT2D eigenvalue weighted by Gasteiger charge is 2.11. The van der Waals surface area contributed by atoms with E-state index in [2.05, 4.69) is 33.2 Å². The number of nitrogens with zero attached hydrogens (tertiary/aromatic N) is 1. The van der Waals surface area contributed by atoms with E-state index >= 15 is 0 Å². The molecule has 2 aromatic rings. The molecule has 2 rings (SSSR count). The maximum absolute atomic E-state index is 13.4. The van der Waals surface area contributed by atoms with Crippen molar-refractivity contribution in [1.82, 2.24) is 10.3 Å². The smallest absolute Gasteiger partial charge is 0.125 e. The Hall–Kier alpha value is -0.780. The minimum Gasteiger partial charge on any atom is -0.315 e. The van der Waals surface area contributed by atoms with E-state index in [9.17, 15) is 4.39 Å². The first-order valence-electron chi connectivity index (χ1n) is 5.73. The number of halogens is 2. The summed E-state index contributed by atoms with van der Waals surface area (Å²) in [5.74, 6) is -0.247. The molecule has 1 N–H and O–H groups in total. The van der Waals surface area contributed by atoms with Gasteiger partial charge in [-0.2, -0.15) is 0 Å². The van der Waals surface area contributed by atoms with E-state index in [1.807, 2.05) is 13.1 Å². The maximum Gasteiger partial charge on any atom is 0.125 e. The Morgan fingerprint density at radius 1 is 1.39 bits per heavy atom. The molecular formula is C13H14BrFN2S. The second-order valence-corrected chi connectivity index (χ2v) is 5.93. The second-order valence-electron chi connectivity index (χ2n) is 3.93. The first-order valence-corrected chi connectivity index (χ1v) is 7.34. The number of thiazole rings is 1. The van der Waals surface area contributed by atoms with Crippen LogP contribution in [0.4, 0.5) is 4.39 Å². The molecule has 18 heavy (non-hydrogen) atoms. The molecule has 0 radical (unpaired) electrons. The number of nitrogens with one attached hydrogen (secondary N) is 1. The minimum absolute atomic E-state index is 0.247. The van der Waals surface area contributed by atoms with Crippen molar-refractivity contribution in [2.75, 3.05) is 7.05 Å². The third-order valence-corrected chi connectivity index (χ3v) is 4.16. The molecular weight excluding hydrogens is 315 g/mol. The zero-order valence-electron chi connectivity index (χ0n) is 10.3. The Bertz CT molecular complexity index is 534. The van der Waals surface area contributed by atoms with E-state index in [0.29, 0.717) is 0 Å². The van der Waals surface area contributed by atoms with Gasteiger partial charge in [-0.25, -0.2) is 9.37 Å². The van der Waals surface area contributed by atoms with Crippen LogP contribution in [0.5, 0.6) is 0 Å². The molecule has 0 fully saturated rings. The van der Waals surface area contributed by atoms with Crippen LogP contribution in [0.3, 0.4) is 0 Å². The molecule has 5 heteroatoms. The van der Waals surface area contributed by atoms with Crippen LogP contribution >= 0.6 is 27.3 Å². The van der Waals surface area contributed by atoms with Crippen molar-refractivity contribution in [3.63, 3.8) is 0 Å². The summed E-state index contributed by atoms with van der Waals surface area (Å²) in [7, 11) is 1.91. The molecule has 96 valence electrons. The van der Waals surface area contributed by atoms with Crippen molar-refractivity contribution in [2.24, 2.45) is 0 Å². The zero-order chi connectivity index (χ0) is 13.1. The van der Waals surface area contributed by atoms with Crippen molar-refractivity contribution < 1.29 is 4.39 Å². The van der Waals surface area contributed by atoms with Crippen molar-refractivity contribution in [3.05, 3.63) is 39.1 Å².